The molecule has 130 valence electrons. The van der Waals surface area contributed by atoms with Crippen LogP contribution in [0.15, 0.2) is 35.2 Å². The lowest BCUT2D eigenvalue weighted by atomic mass is 10.3. The summed E-state index contributed by atoms with van der Waals surface area (Å²) in [6.07, 6.45) is 0. The van der Waals surface area contributed by atoms with Crippen LogP contribution in [-0.2, 0) is 21.8 Å². The molecule has 2 aromatic rings. The summed E-state index contributed by atoms with van der Waals surface area (Å²) >= 11 is 0. The first-order valence-electron chi connectivity index (χ1n) is 7.31. The quantitative estimate of drug-likeness (QED) is 0.806. The fourth-order valence-electron chi connectivity index (χ4n) is 2.28. The Hall–Kier alpha value is -2.48. The number of carbonyl (C=O) groups excluding carboxylic acids is 1. The Morgan fingerprint density at radius 3 is 2.58 bits per heavy atom. The van der Waals surface area contributed by atoms with Crippen molar-refractivity contribution in [1.29, 1.82) is 0 Å². The monoisotopic (exact) mass is 352 g/mol. The number of nitrogens with one attached hydrogen (secondary N) is 1. The fourth-order valence-corrected chi connectivity index (χ4v) is 3.64. The zero-order chi connectivity index (χ0) is 17.9. The zero-order valence-corrected chi connectivity index (χ0v) is 14.8. The number of aromatic nitrogens is 1. The van der Waals surface area contributed by atoms with Gasteiger partial charge in [0.2, 0.25) is 0 Å². The molecule has 0 spiro atoms. The number of para-hydroxylation sites is 2. The maximum absolute atomic E-state index is 12.7. The van der Waals surface area contributed by atoms with Crippen molar-refractivity contribution in [1.82, 2.24) is 4.57 Å². The van der Waals surface area contributed by atoms with E-state index < -0.39 is 16.0 Å². The molecule has 0 aliphatic heterocycles. The molecule has 0 bridgehead atoms. The van der Waals surface area contributed by atoms with Crippen LogP contribution in [0.5, 0.6) is 5.75 Å². The second-order valence-electron chi connectivity index (χ2n) is 5.06. The molecule has 1 heterocycles. The number of hydrogen-bond donors (Lipinski definition) is 1. The number of rotatable bonds is 6. The Kier molecular flexibility index (Phi) is 5.18. The van der Waals surface area contributed by atoms with Crippen LogP contribution in [-0.4, -0.2) is 32.7 Å². The van der Waals surface area contributed by atoms with Crippen LogP contribution in [0.3, 0.4) is 0 Å². The maximum Gasteiger partial charge on any atom is 0.354 e. The van der Waals surface area contributed by atoms with Gasteiger partial charge < -0.3 is 14.0 Å². The maximum atomic E-state index is 12.7. The second-order valence-corrected chi connectivity index (χ2v) is 6.72. The molecule has 0 atom stereocenters. The average molecular weight is 352 g/mol. The molecule has 0 saturated heterocycles. The lowest BCUT2D eigenvalue weighted by Gasteiger charge is -2.12. The topological polar surface area (TPSA) is 86.6 Å². The van der Waals surface area contributed by atoms with Gasteiger partial charge in [0, 0.05) is 12.7 Å². The molecule has 1 aromatic heterocycles. The van der Waals surface area contributed by atoms with E-state index in [2.05, 4.69) is 9.46 Å². The molecular formula is C16H20N2O5S. The van der Waals surface area contributed by atoms with E-state index in [1.54, 1.807) is 38.2 Å². The average Bonchev–Trinajstić information content (AvgIpc) is 2.85. The first-order chi connectivity index (χ1) is 11.3. The summed E-state index contributed by atoms with van der Waals surface area (Å²) in [6, 6.07) is 8.05. The zero-order valence-electron chi connectivity index (χ0n) is 14.0. The Morgan fingerprint density at radius 2 is 1.96 bits per heavy atom. The van der Waals surface area contributed by atoms with E-state index in [1.165, 1.54) is 17.7 Å². The van der Waals surface area contributed by atoms with E-state index in [1.807, 2.05) is 6.92 Å². The van der Waals surface area contributed by atoms with Crippen LogP contribution in [0.2, 0.25) is 0 Å². The number of ether oxygens (including phenoxy) is 2. The number of sulfonamides is 1. The predicted molar refractivity (Wildman–Crippen MR) is 89.9 cm³/mol. The van der Waals surface area contributed by atoms with Gasteiger partial charge in [-0.05, 0) is 32.0 Å². The fraction of sp³-hybridized carbons (Fsp3) is 0.312. The van der Waals surface area contributed by atoms with Crippen LogP contribution < -0.4 is 9.46 Å². The SMILES string of the molecule is CCOc1ccccc1NS(=O)(=O)c1cc(C(=O)OC)n(C)c1C. The van der Waals surface area contributed by atoms with Gasteiger partial charge in [0.15, 0.2) is 0 Å². The van der Waals surface area contributed by atoms with Crippen molar-refractivity contribution < 1.29 is 22.7 Å². The molecule has 0 aliphatic carbocycles. The molecule has 0 fully saturated rings. The highest BCUT2D eigenvalue weighted by Crippen LogP contribution is 2.28. The van der Waals surface area contributed by atoms with Gasteiger partial charge in [0.1, 0.15) is 16.3 Å². The Morgan fingerprint density at radius 1 is 1.29 bits per heavy atom. The molecule has 24 heavy (non-hydrogen) atoms. The first-order valence-corrected chi connectivity index (χ1v) is 8.79. The molecular weight excluding hydrogens is 332 g/mol. The molecule has 0 amide bonds. The minimum Gasteiger partial charge on any atom is -0.492 e. The van der Waals surface area contributed by atoms with Gasteiger partial charge in [0.05, 0.1) is 19.4 Å². The normalized spacial score (nSPS) is 11.2. The standard InChI is InChI=1S/C16H20N2O5S/c1-5-23-14-9-7-6-8-12(14)17-24(20,21)15-10-13(16(19)22-4)18(3)11(15)2/h6-10,17H,5H2,1-4H3. The third-order valence-electron chi connectivity index (χ3n) is 3.60. The highest BCUT2D eigenvalue weighted by atomic mass is 32.2. The number of benzene rings is 1. The van der Waals surface area contributed by atoms with Crippen LogP contribution >= 0.6 is 0 Å². The highest BCUT2D eigenvalue weighted by molar-refractivity contribution is 7.92. The van der Waals surface area contributed by atoms with Gasteiger partial charge in [-0.1, -0.05) is 12.1 Å². The molecule has 1 aromatic carbocycles. The van der Waals surface area contributed by atoms with Gasteiger partial charge in [-0.15, -0.1) is 0 Å². The van der Waals surface area contributed by atoms with Crippen molar-refractivity contribution in [2.75, 3.05) is 18.4 Å². The molecule has 0 aliphatic rings. The molecule has 8 heteroatoms. The molecule has 7 nitrogen and oxygen atoms in total. The highest BCUT2D eigenvalue weighted by Gasteiger charge is 2.25. The molecule has 0 unspecified atom stereocenters. The third kappa shape index (κ3) is 3.38. The predicted octanol–water partition coefficient (Wildman–Crippen LogP) is 2.32. The molecule has 1 N–H and O–H groups in total. The number of esters is 1. The number of methoxy groups -OCH3 is 1. The van der Waals surface area contributed by atoms with Gasteiger partial charge in [-0.2, -0.15) is 0 Å². The number of anilines is 1. The summed E-state index contributed by atoms with van der Waals surface area (Å²) in [5, 5.41) is 0. The van der Waals surface area contributed by atoms with Crippen molar-refractivity contribution in [3.63, 3.8) is 0 Å². The largest absolute Gasteiger partial charge is 0.492 e. The first kappa shape index (κ1) is 17.9. The number of carbonyl (C=O) groups is 1. The van der Waals surface area contributed by atoms with E-state index in [0.717, 1.165) is 0 Å². The molecule has 0 saturated carbocycles. The Labute approximate surface area is 141 Å². The van der Waals surface area contributed by atoms with Crippen molar-refractivity contribution in [2.24, 2.45) is 7.05 Å². The van der Waals surface area contributed by atoms with Crippen molar-refractivity contribution in [3.05, 3.63) is 41.7 Å². The summed E-state index contributed by atoms with van der Waals surface area (Å²) in [7, 11) is -1.04. The summed E-state index contributed by atoms with van der Waals surface area (Å²) in [4.78, 5) is 11.8. The molecule has 0 radical (unpaired) electrons. The van der Waals surface area contributed by atoms with Gasteiger partial charge in [0.25, 0.3) is 10.0 Å². The summed E-state index contributed by atoms with van der Waals surface area (Å²) in [6.45, 7) is 3.85. The Balaban J connectivity index is 2.44. The van der Waals surface area contributed by atoms with Crippen molar-refractivity contribution in [3.8, 4) is 5.75 Å². The smallest absolute Gasteiger partial charge is 0.354 e. The Bertz CT molecular complexity index is 855. The van der Waals surface area contributed by atoms with E-state index in [0.29, 0.717) is 23.7 Å². The van der Waals surface area contributed by atoms with E-state index in [4.69, 9.17) is 4.74 Å². The van der Waals surface area contributed by atoms with Crippen LogP contribution in [0.25, 0.3) is 0 Å². The summed E-state index contributed by atoms with van der Waals surface area (Å²) in [5.74, 6) is -0.165. The second kappa shape index (κ2) is 6.96. The van der Waals surface area contributed by atoms with Crippen molar-refractivity contribution in [2.45, 2.75) is 18.7 Å². The minimum absolute atomic E-state index is 0.0108. The van der Waals surface area contributed by atoms with Crippen molar-refractivity contribution >= 4 is 21.7 Å². The molecule has 2 rings (SSSR count). The van der Waals surface area contributed by atoms with Gasteiger partial charge in [-0.3, -0.25) is 4.72 Å². The van der Waals surface area contributed by atoms with Crippen LogP contribution in [0.1, 0.15) is 23.1 Å². The third-order valence-corrected chi connectivity index (χ3v) is 5.09. The van der Waals surface area contributed by atoms with Crippen LogP contribution in [0, 0.1) is 6.92 Å². The van der Waals surface area contributed by atoms with Gasteiger partial charge in [-0.25, -0.2) is 13.2 Å². The van der Waals surface area contributed by atoms with E-state index in [-0.39, 0.29) is 10.6 Å². The summed E-state index contributed by atoms with van der Waals surface area (Å²) < 4.78 is 39.5. The van der Waals surface area contributed by atoms with E-state index >= 15 is 0 Å². The van der Waals surface area contributed by atoms with Crippen LogP contribution in [0.4, 0.5) is 5.69 Å². The summed E-state index contributed by atoms with van der Waals surface area (Å²) in [5.41, 5.74) is 0.924. The van der Waals surface area contributed by atoms with Gasteiger partial charge >= 0.3 is 5.97 Å². The minimum atomic E-state index is -3.89. The lowest BCUT2D eigenvalue weighted by Crippen LogP contribution is -2.14. The number of nitrogens with zero attached hydrogens (tertiary/aromatic N) is 1. The lowest BCUT2D eigenvalue weighted by molar-refractivity contribution is 0.0589. The van der Waals surface area contributed by atoms with E-state index in [9.17, 15) is 13.2 Å². The number of hydrogen-bond acceptors (Lipinski definition) is 5.